The Morgan fingerprint density at radius 1 is 1.35 bits per heavy atom. The SMILES string of the molecule is CC(C)CNCC(=O)c1c[nH]c2ccccc12. The summed E-state index contributed by atoms with van der Waals surface area (Å²) in [4.78, 5) is 15.1. The fraction of sp³-hybridized carbons (Fsp3) is 0.357. The van der Waals surface area contributed by atoms with E-state index in [1.807, 2.05) is 24.3 Å². The third-order valence-electron chi connectivity index (χ3n) is 2.73. The number of H-pyrrole nitrogens is 1. The Hall–Kier alpha value is -1.61. The molecule has 0 aliphatic rings. The zero-order chi connectivity index (χ0) is 12.3. The number of nitrogens with one attached hydrogen (secondary N) is 2. The average molecular weight is 230 g/mol. The molecule has 0 aliphatic heterocycles. The topological polar surface area (TPSA) is 44.9 Å². The summed E-state index contributed by atoms with van der Waals surface area (Å²) in [6.07, 6.45) is 1.80. The molecule has 2 N–H and O–H groups in total. The molecule has 3 heteroatoms. The van der Waals surface area contributed by atoms with Crippen molar-refractivity contribution >= 4 is 16.7 Å². The third-order valence-corrected chi connectivity index (χ3v) is 2.73. The van der Waals surface area contributed by atoms with Gasteiger partial charge in [0.05, 0.1) is 6.54 Å². The van der Waals surface area contributed by atoms with Gasteiger partial charge in [-0.15, -0.1) is 0 Å². The number of carbonyl (C=O) groups excluding carboxylic acids is 1. The minimum Gasteiger partial charge on any atom is -0.360 e. The van der Waals surface area contributed by atoms with Crippen molar-refractivity contribution in [2.75, 3.05) is 13.1 Å². The standard InChI is InChI=1S/C14H18N2O/c1-10(2)7-15-9-14(17)12-8-16-13-6-4-3-5-11(12)13/h3-6,8,10,15-16H,7,9H2,1-2H3. The Kier molecular flexibility index (Phi) is 3.59. The van der Waals surface area contributed by atoms with Gasteiger partial charge in [-0.2, -0.15) is 0 Å². The Labute approximate surface area is 101 Å². The molecule has 0 aliphatic carbocycles. The first-order valence-corrected chi connectivity index (χ1v) is 5.98. The number of rotatable bonds is 5. The predicted octanol–water partition coefficient (Wildman–Crippen LogP) is 2.60. The van der Waals surface area contributed by atoms with Crippen LogP contribution in [0.3, 0.4) is 0 Å². The fourth-order valence-electron chi connectivity index (χ4n) is 1.87. The van der Waals surface area contributed by atoms with E-state index < -0.39 is 0 Å². The maximum Gasteiger partial charge on any atom is 0.178 e. The molecule has 0 radical (unpaired) electrons. The highest BCUT2D eigenvalue weighted by molar-refractivity contribution is 6.08. The number of fused-ring (bicyclic) bond motifs is 1. The number of aromatic nitrogens is 1. The highest BCUT2D eigenvalue weighted by atomic mass is 16.1. The summed E-state index contributed by atoms with van der Waals surface area (Å²) in [5, 5.41) is 4.18. The van der Waals surface area contributed by atoms with Crippen molar-refractivity contribution in [2.45, 2.75) is 13.8 Å². The van der Waals surface area contributed by atoms with Gasteiger partial charge < -0.3 is 10.3 Å². The highest BCUT2D eigenvalue weighted by Crippen LogP contribution is 2.17. The zero-order valence-electron chi connectivity index (χ0n) is 10.3. The maximum atomic E-state index is 12.0. The fourth-order valence-corrected chi connectivity index (χ4v) is 1.87. The second kappa shape index (κ2) is 5.15. The number of hydrogen-bond donors (Lipinski definition) is 2. The summed E-state index contributed by atoms with van der Waals surface area (Å²) in [6, 6.07) is 7.87. The molecular weight excluding hydrogens is 212 g/mol. The largest absolute Gasteiger partial charge is 0.360 e. The molecule has 0 fully saturated rings. The number of aromatic amines is 1. The molecule has 0 amide bonds. The Morgan fingerprint density at radius 3 is 2.88 bits per heavy atom. The number of hydrogen-bond acceptors (Lipinski definition) is 2. The Morgan fingerprint density at radius 2 is 2.12 bits per heavy atom. The van der Waals surface area contributed by atoms with Gasteiger partial charge in [-0.3, -0.25) is 4.79 Å². The molecule has 0 spiro atoms. The normalized spacial score (nSPS) is 11.2. The van der Waals surface area contributed by atoms with Crippen LogP contribution >= 0.6 is 0 Å². The molecule has 1 heterocycles. The van der Waals surface area contributed by atoms with E-state index in [1.165, 1.54) is 0 Å². The molecule has 2 rings (SSSR count). The van der Waals surface area contributed by atoms with E-state index >= 15 is 0 Å². The summed E-state index contributed by atoms with van der Waals surface area (Å²) in [6.45, 7) is 5.53. The van der Waals surface area contributed by atoms with Crippen LogP contribution in [-0.4, -0.2) is 23.9 Å². The second-order valence-corrected chi connectivity index (χ2v) is 4.70. The lowest BCUT2D eigenvalue weighted by molar-refractivity contribution is 0.0992. The number of benzene rings is 1. The smallest absolute Gasteiger partial charge is 0.178 e. The molecule has 0 saturated heterocycles. The van der Waals surface area contributed by atoms with Gasteiger partial charge in [-0.25, -0.2) is 0 Å². The number of para-hydroxylation sites is 1. The quantitative estimate of drug-likeness (QED) is 0.775. The van der Waals surface area contributed by atoms with E-state index in [0.29, 0.717) is 12.5 Å². The lowest BCUT2D eigenvalue weighted by Gasteiger charge is -2.05. The molecule has 0 bridgehead atoms. The summed E-state index contributed by atoms with van der Waals surface area (Å²) in [7, 11) is 0. The van der Waals surface area contributed by atoms with Crippen LogP contribution in [0.5, 0.6) is 0 Å². The summed E-state index contributed by atoms with van der Waals surface area (Å²) in [5.41, 5.74) is 1.79. The van der Waals surface area contributed by atoms with Crippen molar-refractivity contribution in [3.8, 4) is 0 Å². The monoisotopic (exact) mass is 230 g/mol. The van der Waals surface area contributed by atoms with E-state index in [2.05, 4.69) is 24.1 Å². The molecule has 3 nitrogen and oxygen atoms in total. The van der Waals surface area contributed by atoms with Crippen molar-refractivity contribution in [2.24, 2.45) is 5.92 Å². The molecule has 0 unspecified atom stereocenters. The van der Waals surface area contributed by atoms with E-state index in [0.717, 1.165) is 23.0 Å². The van der Waals surface area contributed by atoms with Crippen LogP contribution in [0.2, 0.25) is 0 Å². The van der Waals surface area contributed by atoms with Crippen LogP contribution in [0.25, 0.3) is 10.9 Å². The molecule has 0 saturated carbocycles. The molecule has 2 aromatic rings. The van der Waals surface area contributed by atoms with Crippen molar-refractivity contribution in [3.63, 3.8) is 0 Å². The van der Waals surface area contributed by atoms with E-state index in [-0.39, 0.29) is 5.78 Å². The van der Waals surface area contributed by atoms with Crippen LogP contribution in [-0.2, 0) is 0 Å². The van der Waals surface area contributed by atoms with Crippen LogP contribution < -0.4 is 5.32 Å². The van der Waals surface area contributed by atoms with Crippen molar-refractivity contribution in [1.82, 2.24) is 10.3 Å². The first-order chi connectivity index (χ1) is 8.18. The molecule has 90 valence electrons. The van der Waals surface area contributed by atoms with Crippen LogP contribution in [0.15, 0.2) is 30.5 Å². The summed E-state index contributed by atoms with van der Waals surface area (Å²) < 4.78 is 0. The van der Waals surface area contributed by atoms with Crippen molar-refractivity contribution in [3.05, 3.63) is 36.0 Å². The van der Waals surface area contributed by atoms with Gasteiger partial charge in [0.2, 0.25) is 0 Å². The minimum atomic E-state index is 0.142. The van der Waals surface area contributed by atoms with Gasteiger partial charge >= 0.3 is 0 Å². The third kappa shape index (κ3) is 2.74. The molecule has 17 heavy (non-hydrogen) atoms. The lowest BCUT2D eigenvalue weighted by atomic mass is 10.1. The molecule has 0 atom stereocenters. The molecule has 1 aromatic heterocycles. The van der Waals surface area contributed by atoms with Gasteiger partial charge in [0.1, 0.15) is 0 Å². The summed E-state index contributed by atoms with van der Waals surface area (Å²) in [5.74, 6) is 0.703. The first-order valence-electron chi connectivity index (χ1n) is 5.98. The van der Waals surface area contributed by atoms with Gasteiger partial charge in [-0.1, -0.05) is 32.0 Å². The average Bonchev–Trinajstić information content (AvgIpc) is 2.72. The number of carbonyl (C=O) groups is 1. The predicted molar refractivity (Wildman–Crippen MR) is 70.3 cm³/mol. The van der Waals surface area contributed by atoms with Gasteiger partial charge in [0.25, 0.3) is 0 Å². The van der Waals surface area contributed by atoms with E-state index in [4.69, 9.17) is 0 Å². The van der Waals surface area contributed by atoms with Gasteiger partial charge in [0.15, 0.2) is 5.78 Å². The summed E-state index contributed by atoms with van der Waals surface area (Å²) >= 11 is 0. The van der Waals surface area contributed by atoms with Crippen LogP contribution in [0.1, 0.15) is 24.2 Å². The number of ketones is 1. The van der Waals surface area contributed by atoms with Gasteiger partial charge in [-0.05, 0) is 18.5 Å². The molecule has 1 aromatic carbocycles. The zero-order valence-corrected chi connectivity index (χ0v) is 10.3. The second-order valence-electron chi connectivity index (χ2n) is 4.70. The molecular formula is C14H18N2O. The van der Waals surface area contributed by atoms with E-state index in [9.17, 15) is 4.79 Å². The van der Waals surface area contributed by atoms with Crippen molar-refractivity contribution < 1.29 is 4.79 Å². The van der Waals surface area contributed by atoms with Crippen molar-refractivity contribution in [1.29, 1.82) is 0 Å². The minimum absolute atomic E-state index is 0.142. The van der Waals surface area contributed by atoms with Crippen LogP contribution in [0, 0.1) is 5.92 Å². The first kappa shape index (κ1) is 11.9. The number of Topliss-reactive ketones (excluding diaryl/α,β-unsaturated/α-hetero) is 1. The van der Waals surface area contributed by atoms with E-state index in [1.54, 1.807) is 6.20 Å². The van der Waals surface area contributed by atoms with Crippen LogP contribution in [0.4, 0.5) is 0 Å². The Balaban J connectivity index is 2.09. The highest BCUT2D eigenvalue weighted by Gasteiger charge is 2.10. The Bertz CT molecular complexity index is 514. The maximum absolute atomic E-state index is 12.0. The lowest BCUT2D eigenvalue weighted by Crippen LogP contribution is -2.26. The van der Waals surface area contributed by atoms with Gasteiger partial charge in [0, 0.05) is 22.7 Å².